The van der Waals surface area contributed by atoms with E-state index in [1.807, 2.05) is 32.9 Å². The maximum atomic E-state index is 11.9. The SMILES string of the molecule is CC1=C[C@@]2(CO2)C(=O)C(C(C)C)=C1. The van der Waals surface area contributed by atoms with Crippen molar-refractivity contribution in [2.24, 2.45) is 5.92 Å². The van der Waals surface area contributed by atoms with E-state index in [0.717, 1.165) is 11.1 Å². The van der Waals surface area contributed by atoms with E-state index in [1.165, 1.54) is 0 Å². The molecule has 0 aromatic heterocycles. The molecule has 0 aromatic carbocycles. The van der Waals surface area contributed by atoms with Crippen molar-refractivity contribution in [3.8, 4) is 0 Å². The number of rotatable bonds is 1. The van der Waals surface area contributed by atoms with E-state index in [-0.39, 0.29) is 11.7 Å². The topological polar surface area (TPSA) is 29.6 Å². The van der Waals surface area contributed by atoms with Crippen molar-refractivity contribution in [3.63, 3.8) is 0 Å². The van der Waals surface area contributed by atoms with Crippen LogP contribution in [0.4, 0.5) is 0 Å². The molecule has 1 spiro atoms. The molecule has 2 nitrogen and oxygen atoms in total. The molecule has 70 valence electrons. The Morgan fingerprint density at radius 1 is 1.54 bits per heavy atom. The third-order valence-electron chi connectivity index (χ3n) is 2.57. The highest BCUT2D eigenvalue weighted by molar-refractivity contribution is 6.07. The molecule has 13 heavy (non-hydrogen) atoms. The first-order valence-corrected chi connectivity index (χ1v) is 4.65. The third-order valence-corrected chi connectivity index (χ3v) is 2.57. The van der Waals surface area contributed by atoms with E-state index in [1.54, 1.807) is 0 Å². The summed E-state index contributed by atoms with van der Waals surface area (Å²) in [5, 5.41) is 0. The van der Waals surface area contributed by atoms with Crippen LogP contribution in [0.1, 0.15) is 20.8 Å². The van der Waals surface area contributed by atoms with E-state index in [2.05, 4.69) is 0 Å². The average molecular weight is 178 g/mol. The first-order chi connectivity index (χ1) is 6.05. The molecule has 0 amide bonds. The molecule has 2 rings (SSSR count). The normalized spacial score (nSPS) is 32.2. The van der Waals surface area contributed by atoms with Gasteiger partial charge in [0.15, 0.2) is 11.4 Å². The molecule has 0 radical (unpaired) electrons. The van der Waals surface area contributed by atoms with Gasteiger partial charge < -0.3 is 4.74 Å². The van der Waals surface area contributed by atoms with Crippen molar-refractivity contribution in [2.45, 2.75) is 26.4 Å². The van der Waals surface area contributed by atoms with Crippen LogP contribution in [0.2, 0.25) is 0 Å². The molecule has 1 saturated heterocycles. The summed E-state index contributed by atoms with van der Waals surface area (Å²) in [5.74, 6) is 0.449. The summed E-state index contributed by atoms with van der Waals surface area (Å²) in [5.41, 5.74) is 1.48. The first-order valence-electron chi connectivity index (χ1n) is 4.65. The number of ketones is 1. The molecule has 0 aromatic rings. The van der Waals surface area contributed by atoms with Gasteiger partial charge in [-0.15, -0.1) is 0 Å². The zero-order chi connectivity index (χ0) is 9.64. The molecule has 0 unspecified atom stereocenters. The van der Waals surface area contributed by atoms with Crippen LogP contribution in [0.5, 0.6) is 0 Å². The van der Waals surface area contributed by atoms with E-state index >= 15 is 0 Å². The maximum absolute atomic E-state index is 11.9. The highest BCUT2D eigenvalue weighted by atomic mass is 16.6. The van der Waals surface area contributed by atoms with Gasteiger partial charge in [0.25, 0.3) is 0 Å². The fourth-order valence-electron chi connectivity index (χ4n) is 1.75. The molecular formula is C11H14O2. The fraction of sp³-hybridized carbons (Fsp3) is 0.545. The minimum atomic E-state index is -0.557. The molecule has 0 saturated carbocycles. The Bertz CT molecular complexity index is 317. The molecule has 1 atom stereocenters. The number of hydrogen-bond acceptors (Lipinski definition) is 2. The minimum absolute atomic E-state index is 0.160. The van der Waals surface area contributed by atoms with Gasteiger partial charge in [-0.1, -0.05) is 25.5 Å². The zero-order valence-corrected chi connectivity index (χ0v) is 8.26. The van der Waals surface area contributed by atoms with Gasteiger partial charge in [0.2, 0.25) is 0 Å². The predicted octanol–water partition coefficient (Wildman–Crippen LogP) is 1.87. The quantitative estimate of drug-likeness (QED) is 0.574. The second kappa shape index (κ2) is 2.55. The second-order valence-corrected chi connectivity index (χ2v) is 4.15. The number of hydrogen-bond donors (Lipinski definition) is 0. The van der Waals surface area contributed by atoms with Crippen molar-refractivity contribution in [2.75, 3.05) is 6.61 Å². The zero-order valence-electron chi connectivity index (χ0n) is 8.26. The number of carbonyl (C=O) groups is 1. The maximum Gasteiger partial charge on any atom is 0.197 e. The minimum Gasteiger partial charge on any atom is -0.356 e. The third kappa shape index (κ3) is 1.25. The van der Waals surface area contributed by atoms with Gasteiger partial charge in [0, 0.05) is 5.57 Å². The van der Waals surface area contributed by atoms with E-state index in [4.69, 9.17) is 4.74 Å². The van der Waals surface area contributed by atoms with Crippen molar-refractivity contribution in [3.05, 3.63) is 23.3 Å². The monoisotopic (exact) mass is 178 g/mol. The summed E-state index contributed by atoms with van der Waals surface area (Å²) in [4.78, 5) is 11.9. The molecule has 0 bridgehead atoms. The summed E-state index contributed by atoms with van der Waals surface area (Å²) in [6.07, 6.45) is 3.90. The van der Waals surface area contributed by atoms with Crippen LogP contribution in [-0.4, -0.2) is 18.0 Å². The molecule has 1 aliphatic carbocycles. The van der Waals surface area contributed by atoms with Gasteiger partial charge in [-0.2, -0.15) is 0 Å². The largest absolute Gasteiger partial charge is 0.356 e. The lowest BCUT2D eigenvalue weighted by Crippen LogP contribution is -2.29. The van der Waals surface area contributed by atoms with Crippen LogP contribution >= 0.6 is 0 Å². The Hall–Kier alpha value is -0.890. The van der Waals surface area contributed by atoms with Crippen molar-refractivity contribution in [1.82, 2.24) is 0 Å². The van der Waals surface area contributed by atoms with Crippen molar-refractivity contribution in [1.29, 1.82) is 0 Å². The summed E-state index contributed by atoms with van der Waals surface area (Å²) >= 11 is 0. The predicted molar refractivity (Wildman–Crippen MR) is 50.4 cm³/mol. The molecule has 2 heteroatoms. The highest BCUT2D eigenvalue weighted by Gasteiger charge is 2.52. The van der Waals surface area contributed by atoms with E-state index in [9.17, 15) is 4.79 Å². The summed E-state index contributed by atoms with van der Waals surface area (Å²) < 4.78 is 5.23. The van der Waals surface area contributed by atoms with Crippen molar-refractivity contribution >= 4 is 5.78 Å². The fourth-order valence-corrected chi connectivity index (χ4v) is 1.75. The van der Waals surface area contributed by atoms with Crippen molar-refractivity contribution < 1.29 is 9.53 Å². The Labute approximate surface area is 78.3 Å². The summed E-state index contributed by atoms with van der Waals surface area (Å²) in [7, 11) is 0. The Morgan fingerprint density at radius 2 is 2.15 bits per heavy atom. The van der Waals surface area contributed by atoms with E-state index < -0.39 is 5.60 Å². The molecule has 2 aliphatic rings. The Morgan fingerprint density at radius 3 is 2.62 bits per heavy atom. The highest BCUT2D eigenvalue weighted by Crippen LogP contribution is 2.38. The van der Waals surface area contributed by atoms with Gasteiger partial charge in [-0.3, -0.25) is 4.79 Å². The van der Waals surface area contributed by atoms with Gasteiger partial charge in [0.05, 0.1) is 6.61 Å². The second-order valence-electron chi connectivity index (χ2n) is 4.15. The average Bonchev–Trinajstić information content (AvgIpc) is 2.78. The summed E-state index contributed by atoms with van der Waals surface area (Å²) in [6.45, 7) is 6.66. The van der Waals surface area contributed by atoms with Crippen LogP contribution in [0, 0.1) is 5.92 Å². The number of allylic oxidation sites excluding steroid dienone is 2. The lowest BCUT2D eigenvalue weighted by Gasteiger charge is -2.18. The van der Waals surface area contributed by atoms with Gasteiger partial charge in [0.1, 0.15) is 0 Å². The van der Waals surface area contributed by atoms with E-state index in [0.29, 0.717) is 6.61 Å². The number of ether oxygens (including phenoxy) is 1. The number of epoxide rings is 1. The van der Waals surface area contributed by atoms with Crippen LogP contribution in [0.25, 0.3) is 0 Å². The standard InChI is InChI=1S/C11H14O2/c1-7(2)9-4-8(3)5-11(6-13-11)10(9)12/h4-5,7H,6H2,1-3H3/t11-/m1/s1. The van der Waals surface area contributed by atoms with Gasteiger partial charge in [-0.05, 0) is 18.9 Å². The number of carbonyl (C=O) groups excluding carboxylic acids is 1. The lowest BCUT2D eigenvalue weighted by molar-refractivity contribution is -0.119. The first kappa shape index (κ1) is 8.70. The Balaban J connectivity index is 2.38. The van der Waals surface area contributed by atoms with Crippen LogP contribution < -0.4 is 0 Å². The smallest absolute Gasteiger partial charge is 0.197 e. The molecule has 0 N–H and O–H groups in total. The van der Waals surface area contributed by atoms with Crippen LogP contribution in [-0.2, 0) is 9.53 Å². The van der Waals surface area contributed by atoms with Gasteiger partial charge >= 0.3 is 0 Å². The lowest BCUT2D eigenvalue weighted by atomic mass is 9.84. The van der Waals surface area contributed by atoms with Crippen LogP contribution in [0.3, 0.4) is 0 Å². The molecule has 1 fully saturated rings. The number of Topliss-reactive ketones (excluding diaryl/α,β-unsaturated/α-hetero) is 1. The van der Waals surface area contributed by atoms with Gasteiger partial charge in [-0.25, -0.2) is 0 Å². The molecule has 1 heterocycles. The summed E-state index contributed by atoms with van der Waals surface area (Å²) in [6, 6.07) is 0. The Kier molecular flexibility index (Phi) is 1.70. The van der Waals surface area contributed by atoms with Crippen LogP contribution in [0.15, 0.2) is 23.3 Å². The molecule has 1 aliphatic heterocycles. The molecular weight excluding hydrogens is 164 g/mol.